The maximum Gasteiger partial charge on any atom is 0.225 e. The fraction of sp³-hybridized carbons (Fsp3) is 0.368. The van der Waals surface area contributed by atoms with Crippen molar-refractivity contribution in [3.8, 4) is 11.5 Å². The van der Waals surface area contributed by atoms with E-state index in [0.717, 1.165) is 13.0 Å². The number of nitrogens with one attached hydrogen (secondary N) is 1. The van der Waals surface area contributed by atoms with Crippen LogP contribution in [-0.2, 0) is 11.2 Å². The van der Waals surface area contributed by atoms with Crippen LogP contribution in [0.25, 0.3) is 0 Å². The molecule has 1 heterocycles. The van der Waals surface area contributed by atoms with Gasteiger partial charge < -0.3 is 19.7 Å². The van der Waals surface area contributed by atoms with E-state index < -0.39 is 0 Å². The van der Waals surface area contributed by atoms with Crippen LogP contribution in [0.5, 0.6) is 11.5 Å². The lowest BCUT2D eigenvalue weighted by atomic mass is 10.2. The number of nitrogens with zero attached hydrogens (tertiary/aromatic N) is 2. The van der Waals surface area contributed by atoms with Gasteiger partial charge in [0.25, 0.3) is 0 Å². The van der Waals surface area contributed by atoms with E-state index in [4.69, 9.17) is 9.47 Å². The van der Waals surface area contributed by atoms with Gasteiger partial charge in [-0.2, -0.15) is 0 Å². The Morgan fingerprint density at radius 1 is 1.08 bits per heavy atom. The van der Waals surface area contributed by atoms with E-state index >= 15 is 0 Å². The molecule has 0 bridgehead atoms. The molecular weight excluding hydrogens is 318 g/mol. The van der Waals surface area contributed by atoms with Gasteiger partial charge in [-0.15, -0.1) is 0 Å². The minimum absolute atomic E-state index is 0.0250. The third-order valence-electron chi connectivity index (χ3n) is 3.92. The average molecular weight is 343 g/mol. The van der Waals surface area contributed by atoms with Crippen LogP contribution in [0.15, 0.2) is 42.7 Å². The minimum Gasteiger partial charge on any atom is -0.493 e. The van der Waals surface area contributed by atoms with Gasteiger partial charge in [0.05, 0.1) is 14.2 Å². The van der Waals surface area contributed by atoms with E-state index in [1.807, 2.05) is 19.2 Å². The number of rotatable bonds is 9. The first-order valence-electron chi connectivity index (χ1n) is 8.21. The van der Waals surface area contributed by atoms with E-state index in [2.05, 4.69) is 15.2 Å². The van der Waals surface area contributed by atoms with Crippen LogP contribution in [0.3, 0.4) is 0 Å². The lowest BCUT2D eigenvalue weighted by molar-refractivity contribution is -0.116. The summed E-state index contributed by atoms with van der Waals surface area (Å²) in [5.41, 5.74) is 1.94. The lowest BCUT2D eigenvalue weighted by Gasteiger charge is -2.16. The number of aromatic nitrogens is 1. The standard InChI is InChI=1S/C19H25N3O3/c1-22(12-8-15-6-10-20-11-7-15)13-9-19(23)21-16-4-5-17(24-2)18(14-16)25-3/h4-7,10-11,14H,8-9,12-13H2,1-3H3,(H,21,23). The molecule has 0 aliphatic carbocycles. The first kappa shape index (κ1) is 18.7. The molecule has 134 valence electrons. The Bertz CT molecular complexity index is 677. The molecule has 0 fully saturated rings. The summed E-state index contributed by atoms with van der Waals surface area (Å²) in [5, 5.41) is 2.89. The maximum absolute atomic E-state index is 12.1. The largest absolute Gasteiger partial charge is 0.493 e. The summed E-state index contributed by atoms with van der Waals surface area (Å²) in [6.45, 7) is 1.60. The van der Waals surface area contributed by atoms with Gasteiger partial charge in [0, 0.05) is 43.7 Å². The van der Waals surface area contributed by atoms with Crippen molar-refractivity contribution in [3.63, 3.8) is 0 Å². The number of anilines is 1. The monoisotopic (exact) mass is 343 g/mol. The molecule has 1 N–H and O–H groups in total. The number of pyridine rings is 1. The molecule has 0 saturated carbocycles. The second-order valence-corrected chi connectivity index (χ2v) is 5.78. The smallest absolute Gasteiger partial charge is 0.225 e. The number of hydrogen-bond acceptors (Lipinski definition) is 5. The van der Waals surface area contributed by atoms with Crippen molar-refractivity contribution < 1.29 is 14.3 Å². The summed E-state index contributed by atoms with van der Waals surface area (Å²) < 4.78 is 10.4. The highest BCUT2D eigenvalue weighted by Gasteiger charge is 2.08. The zero-order valence-corrected chi connectivity index (χ0v) is 15.0. The molecule has 1 amide bonds. The predicted molar refractivity (Wildman–Crippen MR) is 98.2 cm³/mol. The minimum atomic E-state index is -0.0250. The quantitative estimate of drug-likeness (QED) is 0.758. The van der Waals surface area contributed by atoms with Crippen LogP contribution in [0.1, 0.15) is 12.0 Å². The number of hydrogen-bond donors (Lipinski definition) is 1. The molecule has 1 aromatic heterocycles. The fourth-order valence-electron chi connectivity index (χ4n) is 2.41. The zero-order chi connectivity index (χ0) is 18.1. The van der Waals surface area contributed by atoms with Gasteiger partial charge in [0.1, 0.15) is 0 Å². The zero-order valence-electron chi connectivity index (χ0n) is 15.0. The van der Waals surface area contributed by atoms with Gasteiger partial charge in [0.15, 0.2) is 11.5 Å². The molecule has 0 radical (unpaired) electrons. The molecule has 6 nitrogen and oxygen atoms in total. The second kappa shape index (κ2) is 9.64. The van der Waals surface area contributed by atoms with Crippen LogP contribution < -0.4 is 14.8 Å². The molecule has 1 aromatic carbocycles. The van der Waals surface area contributed by atoms with Gasteiger partial charge >= 0.3 is 0 Å². The normalized spacial score (nSPS) is 10.6. The van der Waals surface area contributed by atoms with Crippen molar-refractivity contribution in [2.45, 2.75) is 12.8 Å². The molecule has 0 unspecified atom stereocenters. The van der Waals surface area contributed by atoms with Crippen molar-refractivity contribution in [1.82, 2.24) is 9.88 Å². The summed E-state index contributed by atoms with van der Waals surface area (Å²) in [5.74, 6) is 1.20. The molecule has 0 aliphatic heterocycles. The van der Waals surface area contributed by atoms with Gasteiger partial charge in [-0.1, -0.05) is 0 Å². The first-order chi connectivity index (χ1) is 12.1. The number of ether oxygens (including phenoxy) is 2. The van der Waals surface area contributed by atoms with Gasteiger partial charge in [-0.25, -0.2) is 0 Å². The van der Waals surface area contributed by atoms with Crippen LogP contribution in [-0.4, -0.2) is 50.1 Å². The maximum atomic E-state index is 12.1. The van der Waals surface area contributed by atoms with Crippen molar-refractivity contribution in [1.29, 1.82) is 0 Å². The molecule has 0 atom stereocenters. The van der Waals surface area contributed by atoms with Crippen molar-refractivity contribution >= 4 is 11.6 Å². The Kier molecular flexibility index (Phi) is 7.22. The number of benzene rings is 1. The molecule has 2 aromatic rings. The van der Waals surface area contributed by atoms with E-state index in [-0.39, 0.29) is 5.91 Å². The summed E-state index contributed by atoms with van der Waals surface area (Å²) in [6, 6.07) is 9.35. The Balaban J connectivity index is 1.76. The van der Waals surface area contributed by atoms with E-state index in [1.165, 1.54) is 5.56 Å². The molecule has 2 rings (SSSR count). The van der Waals surface area contributed by atoms with Crippen molar-refractivity contribution in [2.75, 3.05) is 39.7 Å². The highest BCUT2D eigenvalue weighted by atomic mass is 16.5. The van der Waals surface area contributed by atoms with Crippen LogP contribution >= 0.6 is 0 Å². The molecule has 0 aliphatic rings. The van der Waals surface area contributed by atoms with E-state index in [1.54, 1.807) is 44.8 Å². The van der Waals surface area contributed by atoms with Crippen molar-refractivity contribution in [2.24, 2.45) is 0 Å². The molecule has 0 spiro atoms. The number of likely N-dealkylation sites (N-methyl/N-ethyl adjacent to an activating group) is 1. The number of amides is 1. The van der Waals surface area contributed by atoms with Crippen LogP contribution in [0.4, 0.5) is 5.69 Å². The lowest BCUT2D eigenvalue weighted by Crippen LogP contribution is -2.26. The van der Waals surface area contributed by atoms with Gasteiger partial charge in [0.2, 0.25) is 5.91 Å². The molecule has 25 heavy (non-hydrogen) atoms. The summed E-state index contributed by atoms with van der Waals surface area (Å²) in [4.78, 5) is 18.3. The summed E-state index contributed by atoms with van der Waals surface area (Å²) in [7, 11) is 5.17. The molecule has 0 saturated heterocycles. The fourth-order valence-corrected chi connectivity index (χ4v) is 2.41. The SMILES string of the molecule is COc1ccc(NC(=O)CCN(C)CCc2ccncc2)cc1OC. The number of carbonyl (C=O) groups excluding carboxylic acids is 1. The van der Waals surface area contributed by atoms with E-state index in [9.17, 15) is 4.79 Å². The molecular formula is C19H25N3O3. The topological polar surface area (TPSA) is 63.7 Å². The first-order valence-corrected chi connectivity index (χ1v) is 8.21. The summed E-state index contributed by atoms with van der Waals surface area (Å²) >= 11 is 0. The Hall–Kier alpha value is -2.60. The molecule has 6 heteroatoms. The van der Waals surface area contributed by atoms with Crippen molar-refractivity contribution in [3.05, 3.63) is 48.3 Å². The van der Waals surface area contributed by atoms with Gasteiger partial charge in [-0.3, -0.25) is 9.78 Å². The predicted octanol–water partition coefficient (Wildman–Crippen LogP) is 2.60. The van der Waals surface area contributed by atoms with Crippen LogP contribution in [0.2, 0.25) is 0 Å². The second-order valence-electron chi connectivity index (χ2n) is 5.78. The summed E-state index contributed by atoms with van der Waals surface area (Å²) in [6.07, 6.45) is 4.97. The average Bonchev–Trinajstić information content (AvgIpc) is 2.65. The van der Waals surface area contributed by atoms with E-state index in [0.29, 0.717) is 30.2 Å². The third kappa shape index (κ3) is 6.08. The van der Waals surface area contributed by atoms with Crippen LogP contribution in [0, 0.1) is 0 Å². The highest BCUT2D eigenvalue weighted by Crippen LogP contribution is 2.29. The Morgan fingerprint density at radius 2 is 1.80 bits per heavy atom. The number of methoxy groups -OCH3 is 2. The highest BCUT2D eigenvalue weighted by molar-refractivity contribution is 5.91. The number of carbonyl (C=O) groups is 1. The Morgan fingerprint density at radius 3 is 2.48 bits per heavy atom. The third-order valence-corrected chi connectivity index (χ3v) is 3.92. The van der Waals surface area contributed by atoms with Gasteiger partial charge in [-0.05, 0) is 43.3 Å². The Labute approximate surface area is 148 Å².